The number of halogens is 1. The summed E-state index contributed by atoms with van der Waals surface area (Å²) in [5, 5.41) is 0. The fraction of sp³-hybridized carbons (Fsp3) is 0.538. The Morgan fingerprint density at radius 2 is 2.00 bits per heavy atom. The van der Waals surface area contributed by atoms with Gasteiger partial charge in [0.25, 0.3) is 0 Å². The molecule has 0 aliphatic rings. The Morgan fingerprint density at radius 1 is 1.17 bits per heavy atom. The van der Waals surface area contributed by atoms with E-state index < -0.39 is 0 Å². The number of hydrogen-bond donors (Lipinski definition) is 1. The highest BCUT2D eigenvalue weighted by Gasteiger charge is 2.01. The Bertz CT molecular complexity index is 347. The highest BCUT2D eigenvalue weighted by molar-refractivity contribution is 9.10. The van der Waals surface area contributed by atoms with Gasteiger partial charge in [0.2, 0.25) is 0 Å². The summed E-state index contributed by atoms with van der Waals surface area (Å²) in [5.74, 6) is 0.813. The minimum Gasteiger partial charge on any atom is -0.490 e. The topological polar surface area (TPSA) is 53.7 Å². The molecule has 5 heteroatoms. The molecule has 0 bridgehead atoms. The summed E-state index contributed by atoms with van der Waals surface area (Å²) in [4.78, 5) is 0. The van der Waals surface area contributed by atoms with Crippen LogP contribution in [0.3, 0.4) is 0 Å². The summed E-state index contributed by atoms with van der Waals surface area (Å²) in [6.45, 7) is 3.07. The molecular formula is C13H20BrNO3. The molecular weight excluding hydrogens is 298 g/mol. The molecule has 0 amide bonds. The van der Waals surface area contributed by atoms with Gasteiger partial charge in [-0.25, -0.2) is 0 Å². The van der Waals surface area contributed by atoms with Crippen molar-refractivity contribution < 1.29 is 14.2 Å². The molecule has 0 spiro atoms. The van der Waals surface area contributed by atoms with Crippen LogP contribution >= 0.6 is 15.9 Å². The molecule has 1 aromatic carbocycles. The molecule has 0 atom stereocenters. The normalized spacial score (nSPS) is 10.6. The van der Waals surface area contributed by atoms with Crippen LogP contribution in [-0.2, 0) is 16.0 Å². The van der Waals surface area contributed by atoms with Gasteiger partial charge in [-0.1, -0.05) is 6.07 Å². The maximum absolute atomic E-state index is 5.60. The van der Waals surface area contributed by atoms with Crippen molar-refractivity contribution in [3.05, 3.63) is 28.2 Å². The lowest BCUT2D eigenvalue weighted by Gasteiger charge is -2.09. The van der Waals surface area contributed by atoms with Gasteiger partial charge in [0.1, 0.15) is 12.4 Å². The second-order valence-electron chi connectivity index (χ2n) is 3.78. The molecule has 0 unspecified atom stereocenters. The Labute approximate surface area is 117 Å². The molecule has 18 heavy (non-hydrogen) atoms. The standard InChI is InChI=1S/C13H20BrNO3/c1-16-5-2-6-17-7-8-18-13-4-3-11(10-15)9-12(13)14/h3-4,9H,2,5-8,10,15H2,1H3. The monoisotopic (exact) mass is 317 g/mol. The first kappa shape index (κ1) is 15.4. The van der Waals surface area contributed by atoms with E-state index in [0.29, 0.717) is 26.4 Å². The number of nitrogens with two attached hydrogens (primary N) is 1. The maximum Gasteiger partial charge on any atom is 0.133 e. The van der Waals surface area contributed by atoms with E-state index in [1.165, 1.54) is 0 Å². The van der Waals surface area contributed by atoms with Gasteiger partial charge in [-0.3, -0.25) is 0 Å². The Morgan fingerprint density at radius 3 is 2.67 bits per heavy atom. The van der Waals surface area contributed by atoms with Crippen molar-refractivity contribution in [1.82, 2.24) is 0 Å². The van der Waals surface area contributed by atoms with Gasteiger partial charge in [-0.2, -0.15) is 0 Å². The van der Waals surface area contributed by atoms with Gasteiger partial charge >= 0.3 is 0 Å². The highest BCUT2D eigenvalue weighted by atomic mass is 79.9. The van der Waals surface area contributed by atoms with E-state index in [2.05, 4.69) is 15.9 Å². The Balaban J connectivity index is 2.19. The van der Waals surface area contributed by atoms with E-state index in [1.807, 2.05) is 18.2 Å². The number of hydrogen-bond acceptors (Lipinski definition) is 4. The molecule has 1 rings (SSSR count). The van der Waals surface area contributed by atoms with Crippen LogP contribution in [0.1, 0.15) is 12.0 Å². The largest absolute Gasteiger partial charge is 0.490 e. The van der Waals surface area contributed by atoms with Crippen molar-refractivity contribution in [2.45, 2.75) is 13.0 Å². The van der Waals surface area contributed by atoms with E-state index in [0.717, 1.165) is 28.8 Å². The van der Waals surface area contributed by atoms with Crippen molar-refractivity contribution in [1.29, 1.82) is 0 Å². The summed E-state index contributed by atoms with van der Waals surface area (Å²) in [7, 11) is 1.69. The molecule has 0 fully saturated rings. The van der Waals surface area contributed by atoms with Crippen LogP contribution in [0.2, 0.25) is 0 Å². The van der Waals surface area contributed by atoms with Crippen molar-refractivity contribution in [3.8, 4) is 5.75 Å². The van der Waals surface area contributed by atoms with Gasteiger partial charge in [0, 0.05) is 26.9 Å². The molecule has 1 aromatic rings. The summed E-state index contributed by atoms with van der Waals surface area (Å²) in [6, 6.07) is 5.84. The van der Waals surface area contributed by atoms with Crippen LogP contribution in [0.5, 0.6) is 5.75 Å². The van der Waals surface area contributed by atoms with Gasteiger partial charge in [-0.05, 0) is 40.0 Å². The maximum atomic E-state index is 5.60. The summed E-state index contributed by atoms with van der Waals surface area (Å²) in [5.41, 5.74) is 6.63. The molecule has 2 N–H and O–H groups in total. The lowest BCUT2D eigenvalue weighted by Crippen LogP contribution is -2.09. The minimum absolute atomic E-state index is 0.529. The van der Waals surface area contributed by atoms with Gasteiger partial charge in [0.15, 0.2) is 0 Å². The lowest BCUT2D eigenvalue weighted by atomic mass is 10.2. The molecule has 102 valence electrons. The van der Waals surface area contributed by atoms with E-state index in [1.54, 1.807) is 7.11 Å². The quantitative estimate of drug-likeness (QED) is 0.710. The third-order valence-corrected chi connectivity index (χ3v) is 2.97. The average Bonchev–Trinajstić information content (AvgIpc) is 2.39. The van der Waals surface area contributed by atoms with Crippen LogP contribution in [0.25, 0.3) is 0 Å². The molecule has 0 saturated heterocycles. The molecule has 0 saturated carbocycles. The summed E-state index contributed by atoms with van der Waals surface area (Å²) in [6.07, 6.45) is 0.908. The Kier molecular flexibility index (Phi) is 8.00. The highest BCUT2D eigenvalue weighted by Crippen LogP contribution is 2.25. The van der Waals surface area contributed by atoms with E-state index in [4.69, 9.17) is 19.9 Å². The Hall–Kier alpha value is -0.620. The number of ether oxygens (including phenoxy) is 3. The molecule has 0 radical (unpaired) electrons. The second-order valence-corrected chi connectivity index (χ2v) is 4.63. The zero-order valence-corrected chi connectivity index (χ0v) is 12.2. The number of methoxy groups -OCH3 is 1. The fourth-order valence-electron chi connectivity index (χ4n) is 1.41. The minimum atomic E-state index is 0.529. The van der Waals surface area contributed by atoms with E-state index in [-0.39, 0.29) is 0 Å². The van der Waals surface area contributed by atoms with Crippen molar-refractivity contribution in [2.75, 3.05) is 33.5 Å². The predicted octanol–water partition coefficient (Wildman–Crippen LogP) is 2.34. The van der Waals surface area contributed by atoms with Crippen molar-refractivity contribution >= 4 is 15.9 Å². The summed E-state index contributed by atoms with van der Waals surface area (Å²) < 4.78 is 16.8. The molecule has 0 heterocycles. The number of rotatable bonds is 9. The first-order valence-electron chi connectivity index (χ1n) is 5.96. The van der Waals surface area contributed by atoms with Crippen LogP contribution in [-0.4, -0.2) is 33.5 Å². The van der Waals surface area contributed by atoms with Crippen LogP contribution in [0, 0.1) is 0 Å². The van der Waals surface area contributed by atoms with Crippen molar-refractivity contribution in [3.63, 3.8) is 0 Å². The third kappa shape index (κ3) is 5.82. The molecule has 0 aromatic heterocycles. The van der Waals surface area contributed by atoms with Crippen LogP contribution in [0.4, 0.5) is 0 Å². The number of benzene rings is 1. The second kappa shape index (κ2) is 9.33. The van der Waals surface area contributed by atoms with Crippen LogP contribution in [0.15, 0.2) is 22.7 Å². The lowest BCUT2D eigenvalue weighted by molar-refractivity contribution is 0.0805. The van der Waals surface area contributed by atoms with Gasteiger partial charge in [0.05, 0.1) is 11.1 Å². The van der Waals surface area contributed by atoms with E-state index >= 15 is 0 Å². The smallest absolute Gasteiger partial charge is 0.133 e. The van der Waals surface area contributed by atoms with Gasteiger partial charge < -0.3 is 19.9 Å². The third-order valence-electron chi connectivity index (χ3n) is 2.35. The zero-order valence-electron chi connectivity index (χ0n) is 10.7. The first-order chi connectivity index (χ1) is 8.77. The fourth-order valence-corrected chi connectivity index (χ4v) is 1.95. The van der Waals surface area contributed by atoms with Crippen molar-refractivity contribution in [2.24, 2.45) is 5.73 Å². The molecule has 0 aliphatic carbocycles. The first-order valence-corrected chi connectivity index (χ1v) is 6.75. The molecule has 4 nitrogen and oxygen atoms in total. The van der Waals surface area contributed by atoms with Gasteiger partial charge in [-0.15, -0.1) is 0 Å². The predicted molar refractivity (Wildman–Crippen MR) is 74.8 cm³/mol. The van der Waals surface area contributed by atoms with E-state index in [9.17, 15) is 0 Å². The summed E-state index contributed by atoms with van der Waals surface area (Å²) >= 11 is 3.45. The van der Waals surface area contributed by atoms with Crippen LogP contribution < -0.4 is 10.5 Å². The SMILES string of the molecule is COCCCOCCOc1ccc(CN)cc1Br. The average molecular weight is 318 g/mol. The zero-order chi connectivity index (χ0) is 13.2. The molecule has 0 aliphatic heterocycles.